The van der Waals surface area contributed by atoms with Gasteiger partial charge in [-0.3, -0.25) is 0 Å². The van der Waals surface area contributed by atoms with Crippen LogP contribution in [0.2, 0.25) is 0 Å². The van der Waals surface area contributed by atoms with Crippen molar-refractivity contribution in [3.8, 4) is 0 Å². The van der Waals surface area contributed by atoms with Crippen LogP contribution in [0, 0.1) is 0 Å². The van der Waals surface area contributed by atoms with Crippen molar-refractivity contribution >= 4 is 11.9 Å². The molecule has 0 aromatic heterocycles. The van der Waals surface area contributed by atoms with Crippen LogP contribution in [0.3, 0.4) is 0 Å². The van der Waals surface area contributed by atoms with E-state index in [-0.39, 0.29) is 24.4 Å². The molecular formula is C13H20O5. The molecule has 0 heterocycles. The summed E-state index contributed by atoms with van der Waals surface area (Å²) in [5.41, 5.74) is 0.338. The van der Waals surface area contributed by atoms with E-state index >= 15 is 0 Å². The van der Waals surface area contributed by atoms with Crippen molar-refractivity contribution in [2.45, 2.75) is 26.7 Å². The van der Waals surface area contributed by atoms with Crippen molar-refractivity contribution in [2.24, 2.45) is 0 Å². The topological polar surface area (TPSA) is 72.8 Å². The van der Waals surface area contributed by atoms with Gasteiger partial charge in [0.25, 0.3) is 0 Å². The van der Waals surface area contributed by atoms with Crippen LogP contribution < -0.4 is 0 Å². The second kappa shape index (κ2) is 9.41. The zero-order valence-electron chi connectivity index (χ0n) is 10.9. The minimum Gasteiger partial charge on any atom is -0.462 e. The molecule has 0 atom stereocenters. The summed E-state index contributed by atoms with van der Waals surface area (Å²) in [6, 6.07) is 0. The minimum atomic E-state index is -0.591. The normalized spacial score (nSPS) is 10.9. The Morgan fingerprint density at radius 2 is 1.83 bits per heavy atom. The lowest BCUT2D eigenvalue weighted by Gasteiger charge is -2.05. The third-order valence-corrected chi connectivity index (χ3v) is 2.03. The zero-order chi connectivity index (χ0) is 14.0. The van der Waals surface area contributed by atoms with Gasteiger partial charge in [-0.25, -0.2) is 9.59 Å². The molecule has 5 nitrogen and oxygen atoms in total. The average Bonchev–Trinajstić information content (AvgIpc) is 2.35. The van der Waals surface area contributed by atoms with E-state index in [4.69, 9.17) is 9.84 Å². The highest BCUT2D eigenvalue weighted by Crippen LogP contribution is 2.05. The second-order valence-corrected chi connectivity index (χ2v) is 3.70. The van der Waals surface area contributed by atoms with Crippen LogP contribution in [0.5, 0.6) is 0 Å². The first kappa shape index (κ1) is 16.4. The minimum absolute atomic E-state index is 0.0720. The largest absolute Gasteiger partial charge is 0.462 e. The maximum absolute atomic E-state index is 11.4. The standard InChI is InChI=1S/C13H20O5/c1-4-5-7-17-12(15)10(2)9-11(3)13(16)18-8-6-14/h9,14H,2,4-8H2,1,3H3/b11-9+. The van der Waals surface area contributed by atoms with E-state index in [0.29, 0.717) is 6.61 Å². The Balaban J connectivity index is 4.25. The Hall–Kier alpha value is -1.62. The van der Waals surface area contributed by atoms with E-state index in [1.807, 2.05) is 6.92 Å². The predicted molar refractivity (Wildman–Crippen MR) is 66.8 cm³/mol. The summed E-state index contributed by atoms with van der Waals surface area (Å²) in [5.74, 6) is -1.13. The number of rotatable bonds is 8. The fraction of sp³-hybridized carbons (Fsp3) is 0.538. The summed E-state index contributed by atoms with van der Waals surface area (Å²) in [6.07, 6.45) is 3.04. The quantitative estimate of drug-likeness (QED) is 0.307. The molecule has 18 heavy (non-hydrogen) atoms. The second-order valence-electron chi connectivity index (χ2n) is 3.70. The van der Waals surface area contributed by atoms with Gasteiger partial charge in [0.05, 0.1) is 18.8 Å². The SMILES string of the molecule is C=C(/C=C(\C)C(=O)OCCO)C(=O)OCCCC. The van der Waals surface area contributed by atoms with E-state index in [1.165, 1.54) is 13.0 Å². The zero-order valence-corrected chi connectivity index (χ0v) is 10.9. The van der Waals surface area contributed by atoms with E-state index < -0.39 is 11.9 Å². The number of unbranched alkanes of at least 4 members (excludes halogenated alkanes) is 1. The molecule has 0 amide bonds. The first-order chi connectivity index (χ1) is 8.52. The van der Waals surface area contributed by atoms with Gasteiger partial charge in [0.15, 0.2) is 0 Å². The Morgan fingerprint density at radius 1 is 1.22 bits per heavy atom. The Labute approximate surface area is 107 Å². The molecule has 0 spiro atoms. The summed E-state index contributed by atoms with van der Waals surface area (Å²) in [7, 11) is 0. The van der Waals surface area contributed by atoms with Crippen LogP contribution in [0.15, 0.2) is 23.8 Å². The third kappa shape index (κ3) is 6.85. The van der Waals surface area contributed by atoms with Crippen molar-refractivity contribution in [3.05, 3.63) is 23.8 Å². The van der Waals surface area contributed by atoms with Crippen LogP contribution in [-0.2, 0) is 19.1 Å². The molecule has 1 N–H and O–H groups in total. The summed E-state index contributed by atoms with van der Waals surface area (Å²) in [5, 5.41) is 8.50. The lowest BCUT2D eigenvalue weighted by atomic mass is 10.2. The van der Waals surface area contributed by atoms with Crippen molar-refractivity contribution in [2.75, 3.05) is 19.8 Å². The van der Waals surface area contributed by atoms with Crippen LogP contribution in [0.4, 0.5) is 0 Å². The number of carbonyl (C=O) groups excluding carboxylic acids is 2. The monoisotopic (exact) mass is 256 g/mol. The van der Waals surface area contributed by atoms with Gasteiger partial charge in [-0.2, -0.15) is 0 Å². The van der Waals surface area contributed by atoms with Crippen LogP contribution in [0.1, 0.15) is 26.7 Å². The highest BCUT2D eigenvalue weighted by atomic mass is 16.5. The van der Waals surface area contributed by atoms with Gasteiger partial charge in [-0.1, -0.05) is 19.9 Å². The predicted octanol–water partition coefficient (Wildman–Crippen LogP) is 1.37. The van der Waals surface area contributed by atoms with Gasteiger partial charge >= 0.3 is 11.9 Å². The molecule has 0 fully saturated rings. The highest BCUT2D eigenvalue weighted by Gasteiger charge is 2.10. The fourth-order valence-electron chi connectivity index (χ4n) is 1.03. The Morgan fingerprint density at radius 3 is 2.39 bits per heavy atom. The first-order valence-corrected chi connectivity index (χ1v) is 5.85. The van der Waals surface area contributed by atoms with E-state index in [2.05, 4.69) is 11.3 Å². The molecular weight excluding hydrogens is 236 g/mol. The molecule has 0 aliphatic heterocycles. The highest BCUT2D eigenvalue weighted by molar-refractivity contribution is 5.95. The van der Waals surface area contributed by atoms with E-state index in [1.54, 1.807) is 0 Å². The van der Waals surface area contributed by atoms with Crippen molar-refractivity contribution < 1.29 is 24.2 Å². The number of hydrogen-bond acceptors (Lipinski definition) is 5. The van der Waals surface area contributed by atoms with Crippen LogP contribution >= 0.6 is 0 Å². The number of carbonyl (C=O) groups is 2. The van der Waals surface area contributed by atoms with Crippen LogP contribution in [-0.4, -0.2) is 36.9 Å². The maximum Gasteiger partial charge on any atom is 0.337 e. The number of hydrogen-bond donors (Lipinski definition) is 1. The number of aliphatic hydroxyl groups excluding tert-OH is 1. The molecule has 0 bridgehead atoms. The molecule has 0 aliphatic rings. The first-order valence-electron chi connectivity index (χ1n) is 5.85. The van der Waals surface area contributed by atoms with Gasteiger partial charge < -0.3 is 14.6 Å². The number of esters is 2. The van der Waals surface area contributed by atoms with E-state index in [0.717, 1.165) is 12.8 Å². The molecule has 0 saturated carbocycles. The molecule has 0 aromatic rings. The summed E-state index contributed by atoms with van der Waals surface area (Å²) < 4.78 is 9.61. The third-order valence-electron chi connectivity index (χ3n) is 2.03. The van der Waals surface area contributed by atoms with Gasteiger partial charge in [0.2, 0.25) is 0 Å². The lowest BCUT2D eigenvalue weighted by Crippen LogP contribution is -2.11. The fourth-order valence-corrected chi connectivity index (χ4v) is 1.03. The molecule has 0 saturated heterocycles. The summed E-state index contributed by atoms with van der Waals surface area (Å²) in [4.78, 5) is 22.8. The Bertz CT molecular complexity index is 330. The van der Waals surface area contributed by atoms with Crippen molar-refractivity contribution in [1.29, 1.82) is 0 Å². The number of aliphatic hydroxyl groups is 1. The van der Waals surface area contributed by atoms with Gasteiger partial charge in [-0.15, -0.1) is 0 Å². The number of ether oxygens (including phenoxy) is 2. The lowest BCUT2D eigenvalue weighted by molar-refractivity contribution is -0.139. The smallest absolute Gasteiger partial charge is 0.337 e. The van der Waals surface area contributed by atoms with Gasteiger partial charge in [0.1, 0.15) is 6.61 Å². The molecule has 0 rings (SSSR count). The summed E-state index contributed by atoms with van der Waals surface area (Å²) >= 11 is 0. The molecule has 0 unspecified atom stereocenters. The average molecular weight is 256 g/mol. The van der Waals surface area contributed by atoms with Crippen molar-refractivity contribution in [1.82, 2.24) is 0 Å². The molecule has 0 aromatic carbocycles. The van der Waals surface area contributed by atoms with Gasteiger partial charge in [0, 0.05) is 5.57 Å². The van der Waals surface area contributed by atoms with Gasteiger partial charge in [-0.05, 0) is 19.4 Å². The molecule has 0 aliphatic carbocycles. The maximum atomic E-state index is 11.4. The van der Waals surface area contributed by atoms with Crippen molar-refractivity contribution in [3.63, 3.8) is 0 Å². The molecule has 102 valence electrons. The Kier molecular flexibility index (Phi) is 8.57. The summed E-state index contributed by atoms with van der Waals surface area (Å²) in [6.45, 7) is 7.06. The molecule has 5 heteroatoms. The molecule has 0 radical (unpaired) electrons. The van der Waals surface area contributed by atoms with E-state index in [9.17, 15) is 9.59 Å². The van der Waals surface area contributed by atoms with Crippen LogP contribution in [0.25, 0.3) is 0 Å².